The zero-order chi connectivity index (χ0) is 12.2. The summed E-state index contributed by atoms with van der Waals surface area (Å²) in [5, 5.41) is 20.1. The average molecular weight is 241 g/mol. The summed E-state index contributed by atoms with van der Waals surface area (Å²) in [7, 11) is 0. The fourth-order valence-corrected chi connectivity index (χ4v) is 1.81. The second-order valence-electron chi connectivity index (χ2n) is 3.82. The lowest BCUT2D eigenvalue weighted by atomic mass is 9.96. The maximum absolute atomic E-state index is 10.1. The summed E-state index contributed by atoms with van der Waals surface area (Å²) >= 11 is 6.09. The van der Waals surface area contributed by atoms with Crippen molar-refractivity contribution in [2.24, 2.45) is 0 Å². The van der Waals surface area contributed by atoms with E-state index in [-0.39, 0.29) is 5.75 Å². The molecule has 0 saturated carbocycles. The van der Waals surface area contributed by atoms with E-state index < -0.39 is 5.60 Å². The first-order chi connectivity index (χ1) is 7.52. The van der Waals surface area contributed by atoms with Gasteiger partial charge in [-0.2, -0.15) is 0 Å². The van der Waals surface area contributed by atoms with Gasteiger partial charge in [-0.25, -0.2) is 0 Å². The molecule has 0 aliphatic carbocycles. The van der Waals surface area contributed by atoms with Crippen molar-refractivity contribution < 1.29 is 10.2 Å². The minimum atomic E-state index is -0.903. The minimum Gasteiger partial charge on any atom is -0.507 e. The second kappa shape index (κ2) is 5.37. The summed E-state index contributed by atoms with van der Waals surface area (Å²) in [6.07, 6.45) is 2.78. The molecule has 3 heteroatoms. The molecule has 0 spiro atoms. The van der Waals surface area contributed by atoms with Gasteiger partial charge in [-0.1, -0.05) is 37.6 Å². The molecule has 0 fully saturated rings. The summed E-state index contributed by atoms with van der Waals surface area (Å²) in [5.74, 6) is 0.123. The molecule has 0 atom stereocenters. The first kappa shape index (κ1) is 13.1. The number of benzene rings is 1. The Hall–Kier alpha value is -0.990. The largest absolute Gasteiger partial charge is 0.507 e. The average Bonchev–Trinajstić information content (AvgIpc) is 2.29. The Morgan fingerprint density at radius 3 is 2.38 bits per heavy atom. The Morgan fingerprint density at radius 1 is 1.31 bits per heavy atom. The van der Waals surface area contributed by atoms with E-state index in [4.69, 9.17) is 11.6 Å². The van der Waals surface area contributed by atoms with Crippen molar-refractivity contribution in [3.63, 3.8) is 0 Å². The smallest absolute Gasteiger partial charge is 0.124 e. The molecule has 16 heavy (non-hydrogen) atoms. The van der Waals surface area contributed by atoms with Crippen molar-refractivity contribution in [2.45, 2.75) is 32.3 Å². The number of rotatable bonds is 4. The van der Waals surface area contributed by atoms with Gasteiger partial charge in [0.15, 0.2) is 0 Å². The van der Waals surface area contributed by atoms with E-state index in [0.29, 0.717) is 23.4 Å². The van der Waals surface area contributed by atoms with Gasteiger partial charge >= 0.3 is 0 Å². The standard InChI is InChI=1S/C13H17ClO2/c1-3-13(16,4-2)9-11(14)10-7-5-6-8-12(10)15/h5-9,15-16H,3-4H2,1-2H3/b11-9+. The zero-order valence-electron chi connectivity index (χ0n) is 9.57. The van der Waals surface area contributed by atoms with Crippen LogP contribution in [0.25, 0.3) is 5.03 Å². The molecule has 0 unspecified atom stereocenters. The van der Waals surface area contributed by atoms with Gasteiger partial charge in [-0.05, 0) is 31.1 Å². The van der Waals surface area contributed by atoms with Gasteiger partial charge in [0.25, 0.3) is 0 Å². The predicted octanol–water partition coefficient (Wildman–Crippen LogP) is 3.52. The quantitative estimate of drug-likeness (QED) is 0.846. The Labute approximate surface area is 101 Å². The van der Waals surface area contributed by atoms with Crippen LogP contribution >= 0.6 is 11.6 Å². The number of halogens is 1. The molecule has 0 bridgehead atoms. The molecule has 0 aromatic heterocycles. The molecule has 0 aliphatic heterocycles. The third kappa shape index (κ3) is 3.00. The fraction of sp³-hybridized carbons (Fsp3) is 0.385. The van der Waals surface area contributed by atoms with E-state index >= 15 is 0 Å². The fourth-order valence-electron chi connectivity index (χ4n) is 1.44. The molecule has 2 N–H and O–H groups in total. The van der Waals surface area contributed by atoms with Crippen LogP contribution in [0.3, 0.4) is 0 Å². The van der Waals surface area contributed by atoms with Crippen LogP contribution in [0.4, 0.5) is 0 Å². The third-order valence-corrected chi connectivity index (χ3v) is 3.09. The van der Waals surface area contributed by atoms with Crippen LogP contribution in [-0.2, 0) is 0 Å². The highest BCUT2D eigenvalue weighted by atomic mass is 35.5. The normalized spacial score (nSPS) is 12.9. The maximum atomic E-state index is 10.1. The molecule has 0 heterocycles. The molecule has 88 valence electrons. The van der Waals surface area contributed by atoms with Crippen LogP contribution in [0.1, 0.15) is 32.3 Å². The van der Waals surface area contributed by atoms with Gasteiger partial charge < -0.3 is 10.2 Å². The van der Waals surface area contributed by atoms with Gasteiger partial charge in [0.2, 0.25) is 0 Å². The summed E-state index contributed by atoms with van der Waals surface area (Å²) in [5.41, 5.74) is -0.358. The van der Waals surface area contributed by atoms with Crippen LogP contribution in [-0.4, -0.2) is 15.8 Å². The monoisotopic (exact) mass is 240 g/mol. The van der Waals surface area contributed by atoms with Gasteiger partial charge in [-0.3, -0.25) is 0 Å². The number of phenolic OH excluding ortho intramolecular Hbond substituents is 1. The zero-order valence-corrected chi connectivity index (χ0v) is 10.3. The van der Waals surface area contributed by atoms with Crippen molar-refractivity contribution in [3.05, 3.63) is 35.9 Å². The number of aliphatic hydroxyl groups is 1. The Morgan fingerprint density at radius 2 is 1.88 bits per heavy atom. The van der Waals surface area contributed by atoms with Gasteiger partial charge in [-0.15, -0.1) is 0 Å². The molecule has 0 amide bonds. The Kier molecular flexibility index (Phi) is 4.39. The van der Waals surface area contributed by atoms with E-state index in [1.807, 2.05) is 13.8 Å². The molecular formula is C13H17ClO2. The lowest BCUT2D eigenvalue weighted by Crippen LogP contribution is -2.23. The molecular weight excluding hydrogens is 224 g/mol. The highest BCUT2D eigenvalue weighted by Crippen LogP contribution is 2.31. The van der Waals surface area contributed by atoms with E-state index in [1.165, 1.54) is 0 Å². The van der Waals surface area contributed by atoms with Crippen LogP contribution in [0.5, 0.6) is 5.75 Å². The van der Waals surface area contributed by atoms with E-state index in [0.717, 1.165) is 0 Å². The number of hydrogen-bond donors (Lipinski definition) is 2. The van der Waals surface area contributed by atoms with Gasteiger partial charge in [0, 0.05) is 5.56 Å². The Balaban J connectivity index is 3.06. The van der Waals surface area contributed by atoms with Crippen molar-refractivity contribution in [1.29, 1.82) is 0 Å². The molecule has 0 saturated heterocycles. The SMILES string of the molecule is CCC(O)(/C=C(/Cl)c1ccccc1O)CC. The van der Waals surface area contributed by atoms with Crippen molar-refractivity contribution in [1.82, 2.24) is 0 Å². The minimum absolute atomic E-state index is 0.123. The van der Waals surface area contributed by atoms with E-state index in [2.05, 4.69) is 0 Å². The lowest BCUT2D eigenvalue weighted by molar-refractivity contribution is 0.0835. The van der Waals surface area contributed by atoms with Gasteiger partial charge in [0.1, 0.15) is 5.75 Å². The second-order valence-corrected chi connectivity index (χ2v) is 4.23. The van der Waals surface area contributed by atoms with Crippen LogP contribution < -0.4 is 0 Å². The van der Waals surface area contributed by atoms with Crippen LogP contribution in [0.15, 0.2) is 30.3 Å². The van der Waals surface area contributed by atoms with Crippen molar-refractivity contribution >= 4 is 16.6 Å². The van der Waals surface area contributed by atoms with E-state index in [9.17, 15) is 10.2 Å². The lowest BCUT2D eigenvalue weighted by Gasteiger charge is -2.21. The van der Waals surface area contributed by atoms with Crippen molar-refractivity contribution in [3.8, 4) is 5.75 Å². The molecule has 1 aromatic rings. The molecule has 0 radical (unpaired) electrons. The van der Waals surface area contributed by atoms with Crippen LogP contribution in [0.2, 0.25) is 0 Å². The third-order valence-electron chi connectivity index (χ3n) is 2.78. The number of hydrogen-bond acceptors (Lipinski definition) is 2. The Bertz CT molecular complexity index is 381. The number of phenols is 1. The molecule has 0 aliphatic rings. The van der Waals surface area contributed by atoms with Crippen molar-refractivity contribution in [2.75, 3.05) is 0 Å². The number of aromatic hydroxyl groups is 1. The summed E-state index contributed by atoms with van der Waals surface area (Å²) in [6.45, 7) is 3.80. The first-order valence-corrected chi connectivity index (χ1v) is 5.79. The van der Waals surface area contributed by atoms with Crippen LogP contribution in [0, 0.1) is 0 Å². The molecule has 1 rings (SSSR count). The molecule has 1 aromatic carbocycles. The number of para-hydroxylation sites is 1. The maximum Gasteiger partial charge on any atom is 0.124 e. The summed E-state index contributed by atoms with van der Waals surface area (Å²) in [4.78, 5) is 0. The topological polar surface area (TPSA) is 40.5 Å². The predicted molar refractivity (Wildman–Crippen MR) is 67.5 cm³/mol. The first-order valence-electron chi connectivity index (χ1n) is 5.41. The summed E-state index contributed by atoms with van der Waals surface area (Å²) < 4.78 is 0. The highest BCUT2D eigenvalue weighted by Gasteiger charge is 2.20. The highest BCUT2D eigenvalue weighted by molar-refractivity contribution is 6.49. The van der Waals surface area contributed by atoms with E-state index in [1.54, 1.807) is 30.3 Å². The summed E-state index contributed by atoms with van der Waals surface area (Å²) in [6, 6.07) is 6.82. The molecule has 2 nitrogen and oxygen atoms in total. The van der Waals surface area contributed by atoms with Gasteiger partial charge in [0.05, 0.1) is 10.6 Å².